The Kier molecular flexibility index (Phi) is 4.97. The van der Waals surface area contributed by atoms with Crippen LogP contribution in [0.25, 0.3) is 21.9 Å². The Morgan fingerprint density at radius 2 is 1.93 bits per heavy atom. The molecule has 2 atom stereocenters. The zero-order valence-electron chi connectivity index (χ0n) is 15.7. The number of hydrogen-bond acceptors (Lipinski definition) is 4. The number of hydrogen-bond donors (Lipinski definition) is 2. The van der Waals surface area contributed by atoms with Gasteiger partial charge in [-0.15, -0.1) is 12.4 Å². The summed E-state index contributed by atoms with van der Waals surface area (Å²) >= 11 is 0. The van der Waals surface area contributed by atoms with Crippen molar-refractivity contribution in [3.8, 4) is 0 Å². The van der Waals surface area contributed by atoms with Gasteiger partial charge >= 0.3 is 0 Å². The maximum Gasteiger partial charge on any atom is 0.245 e. The number of anilines is 1. The third-order valence-corrected chi connectivity index (χ3v) is 5.87. The molecule has 0 aliphatic heterocycles. The number of nitrogens with one attached hydrogen (secondary N) is 1. The molecule has 1 amide bonds. The van der Waals surface area contributed by atoms with Crippen molar-refractivity contribution in [2.45, 2.75) is 38.8 Å². The van der Waals surface area contributed by atoms with Crippen LogP contribution in [0.2, 0.25) is 0 Å². The number of fused-ring (bicyclic) bond motifs is 3. The van der Waals surface area contributed by atoms with Crippen LogP contribution in [0.1, 0.15) is 27.2 Å². The van der Waals surface area contributed by atoms with E-state index >= 15 is 0 Å². The molecule has 1 aromatic heterocycles. The fourth-order valence-corrected chi connectivity index (χ4v) is 3.87. The Balaban J connectivity index is 0.00000210. The van der Waals surface area contributed by atoms with E-state index in [0.29, 0.717) is 18.7 Å². The summed E-state index contributed by atoms with van der Waals surface area (Å²) in [6.45, 7) is 6.54. The summed E-state index contributed by atoms with van der Waals surface area (Å²) in [7, 11) is 0. The first-order valence-electron chi connectivity index (χ1n) is 9.00. The van der Waals surface area contributed by atoms with Gasteiger partial charge in [0, 0.05) is 41.0 Å². The molecule has 4 rings (SSSR count). The monoisotopic (exact) mass is 388 g/mol. The summed E-state index contributed by atoms with van der Waals surface area (Å²) in [4.78, 5) is 12.9. The Bertz CT molecular complexity index is 997. The molecule has 0 radical (unpaired) electrons. The zero-order chi connectivity index (χ0) is 18.5. The normalized spacial score (nSPS) is 23.6. The number of halogens is 1. The summed E-state index contributed by atoms with van der Waals surface area (Å²) in [5.74, 6) is -0.186. The van der Waals surface area contributed by atoms with Crippen LogP contribution in [-0.2, 0) is 9.53 Å². The molecule has 1 fully saturated rings. The van der Waals surface area contributed by atoms with E-state index in [1.807, 2.05) is 63.2 Å². The molecule has 144 valence electrons. The number of ether oxygens (including phenoxy) is 1. The Hall–Kier alpha value is -2.08. The van der Waals surface area contributed by atoms with Crippen LogP contribution in [0.3, 0.4) is 0 Å². The van der Waals surface area contributed by atoms with E-state index in [-0.39, 0.29) is 24.4 Å². The van der Waals surface area contributed by atoms with Crippen LogP contribution in [0.15, 0.2) is 46.9 Å². The van der Waals surface area contributed by atoms with E-state index in [0.717, 1.165) is 21.9 Å². The van der Waals surface area contributed by atoms with E-state index in [9.17, 15) is 4.79 Å². The Morgan fingerprint density at radius 1 is 1.22 bits per heavy atom. The quantitative estimate of drug-likeness (QED) is 0.690. The van der Waals surface area contributed by atoms with Gasteiger partial charge in [-0.2, -0.15) is 0 Å². The van der Waals surface area contributed by atoms with Crippen LogP contribution in [0.4, 0.5) is 5.69 Å². The molecule has 27 heavy (non-hydrogen) atoms. The highest BCUT2D eigenvalue weighted by atomic mass is 35.5. The van der Waals surface area contributed by atoms with Crippen LogP contribution in [0, 0.1) is 5.41 Å². The summed E-state index contributed by atoms with van der Waals surface area (Å²) in [5, 5.41) is 5.05. The SMILES string of the molecule is CCOC1CC(N)(C(=O)Nc2ccc3c(c2)oc2ccccc23)C1(C)C.Cl. The first-order chi connectivity index (χ1) is 12.4. The van der Waals surface area contributed by atoms with Gasteiger partial charge in [-0.25, -0.2) is 0 Å². The molecule has 1 saturated carbocycles. The van der Waals surface area contributed by atoms with Crippen LogP contribution in [0.5, 0.6) is 0 Å². The molecule has 2 aromatic carbocycles. The predicted octanol–water partition coefficient (Wildman–Crippen LogP) is 4.48. The van der Waals surface area contributed by atoms with Crippen molar-refractivity contribution in [1.82, 2.24) is 0 Å². The Morgan fingerprint density at radius 3 is 2.63 bits per heavy atom. The fraction of sp³-hybridized carbons (Fsp3) is 0.381. The number of furan rings is 1. The average molecular weight is 389 g/mol. The van der Waals surface area contributed by atoms with E-state index in [1.54, 1.807) is 0 Å². The standard InChI is InChI=1S/C21H24N2O3.ClH/c1-4-25-18-12-21(22,20(18,2)3)19(24)23-13-9-10-15-14-7-5-6-8-16(14)26-17(15)11-13;/h5-11,18H,4,12,22H2,1-3H3,(H,23,24);1H. The van der Waals surface area contributed by atoms with E-state index in [4.69, 9.17) is 14.9 Å². The molecule has 0 spiro atoms. The molecular formula is C21H25ClN2O3. The Labute approximate surface area is 164 Å². The molecule has 2 unspecified atom stereocenters. The first kappa shape index (κ1) is 19.7. The lowest BCUT2D eigenvalue weighted by Gasteiger charge is -2.57. The molecule has 0 saturated heterocycles. The molecule has 1 aliphatic carbocycles. The largest absolute Gasteiger partial charge is 0.456 e. The lowest BCUT2D eigenvalue weighted by Crippen LogP contribution is -2.74. The molecule has 1 heterocycles. The number of nitrogens with two attached hydrogens (primary N) is 1. The van der Waals surface area contributed by atoms with Crippen molar-refractivity contribution in [3.05, 3.63) is 42.5 Å². The minimum absolute atomic E-state index is 0. The number of benzene rings is 2. The highest BCUT2D eigenvalue weighted by Gasteiger charge is 2.62. The second-order valence-electron chi connectivity index (χ2n) is 7.60. The van der Waals surface area contributed by atoms with Crippen molar-refractivity contribution < 1.29 is 13.9 Å². The van der Waals surface area contributed by atoms with Gasteiger partial charge in [0.2, 0.25) is 5.91 Å². The van der Waals surface area contributed by atoms with Gasteiger partial charge in [-0.05, 0) is 25.1 Å². The van der Waals surface area contributed by atoms with Crippen molar-refractivity contribution in [3.63, 3.8) is 0 Å². The lowest BCUT2D eigenvalue weighted by molar-refractivity contribution is -0.166. The third-order valence-electron chi connectivity index (χ3n) is 5.87. The topological polar surface area (TPSA) is 77.5 Å². The number of carbonyl (C=O) groups is 1. The summed E-state index contributed by atoms with van der Waals surface area (Å²) in [6.07, 6.45) is 0.521. The van der Waals surface area contributed by atoms with Gasteiger partial charge in [0.15, 0.2) is 0 Å². The van der Waals surface area contributed by atoms with Crippen molar-refractivity contribution in [2.75, 3.05) is 11.9 Å². The minimum atomic E-state index is -0.949. The van der Waals surface area contributed by atoms with Crippen LogP contribution < -0.4 is 11.1 Å². The van der Waals surface area contributed by atoms with Gasteiger partial charge in [-0.3, -0.25) is 4.79 Å². The van der Waals surface area contributed by atoms with Gasteiger partial charge in [0.1, 0.15) is 16.7 Å². The maximum absolute atomic E-state index is 12.9. The zero-order valence-corrected chi connectivity index (χ0v) is 16.6. The number of amides is 1. The summed E-state index contributed by atoms with van der Waals surface area (Å²) < 4.78 is 11.6. The number of rotatable bonds is 4. The number of carbonyl (C=O) groups excluding carboxylic acids is 1. The van der Waals surface area contributed by atoms with Crippen molar-refractivity contribution in [1.29, 1.82) is 0 Å². The molecular weight excluding hydrogens is 364 g/mol. The molecule has 6 heteroatoms. The maximum atomic E-state index is 12.9. The van der Waals surface area contributed by atoms with Gasteiger partial charge in [0.05, 0.1) is 6.10 Å². The van der Waals surface area contributed by atoms with Crippen molar-refractivity contribution >= 4 is 45.9 Å². The first-order valence-corrected chi connectivity index (χ1v) is 9.00. The minimum Gasteiger partial charge on any atom is -0.456 e. The van der Waals surface area contributed by atoms with Gasteiger partial charge in [-0.1, -0.05) is 32.0 Å². The van der Waals surface area contributed by atoms with Crippen LogP contribution >= 0.6 is 12.4 Å². The average Bonchev–Trinajstić information content (AvgIpc) is 2.99. The second kappa shape index (κ2) is 6.82. The molecule has 1 aliphatic rings. The highest BCUT2D eigenvalue weighted by Crippen LogP contribution is 2.50. The molecule has 3 aromatic rings. The molecule has 0 bridgehead atoms. The van der Waals surface area contributed by atoms with Crippen molar-refractivity contribution in [2.24, 2.45) is 11.1 Å². The second-order valence-corrected chi connectivity index (χ2v) is 7.60. The van der Waals surface area contributed by atoms with Gasteiger partial charge < -0.3 is 20.2 Å². The third kappa shape index (κ3) is 2.90. The summed E-state index contributed by atoms with van der Waals surface area (Å²) in [6, 6.07) is 13.6. The smallest absolute Gasteiger partial charge is 0.245 e. The summed E-state index contributed by atoms with van der Waals surface area (Å²) in [5.41, 5.74) is 7.34. The predicted molar refractivity (Wildman–Crippen MR) is 110 cm³/mol. The lowest BCUT2D eigenvalue weighted by atomic mass is 9.54. The van der Waals surface area contributed by atoms with E-state index in [2.05, 4.69) is 5.32 Å². The molecule has 5 nitrogen and oxygen atoms in total. The van der Waals surface area contributed by atoms with Crippen LogP contribution in [-0.4, -0.2) is 24.2 Å². The van der Waals surface area contributed by atoms with E-state index in [1.165, 1.54) is 0 Å². The van der Waals surface area contributed by atoms with Gasteiger partial charge in [0.25, 0.3) is 0 Å². The number of para-hydroxylation sites is 1. The highest BCUT2D eigenvalue weighted by molar-refractivity contribution is 6.07. The van der Waals surface area contributed by atoms with E-state index < -0.39 is 11.0 Å². The molecule has 3 N–H and O–H groups in total. The fourth-order valence-electron chi connectivity index (χ4n) is 3.87.